The van der Waals surface area contributed by atoms with Gasteiger partial charge >= 0.3 is 0 Å². The number of rotatable bonds is 6. The van der Waals surface area contributed by atoms with Crippen LogP contribution in [-0.2, 0) is 11.2 Å². The summed E-state index contributed by atoms with van der Waals surface area (Å²) in [7, 11) is 1.69. The first-order valence-electron chi connectivity index (χ1n) is 6.01. The maximum Gasteiger partial charge on any atom is 0.205 e. The van der Waals surface area contributed by atoms with Crippen molar-refractivity contribution in [3.63, 3.8) is 0 Å². The number of aromatic nitrogens is 2. The number of nitrogens with zero attached hydrogens (tertiary/aromatic N) is 2. The molecule has 0 aliphatic carbocycles. The van der Waals surface area contributed by atoms with E-state index in [4.69, 9.17) is 16.3 Å². The molecule has 6 heteroatoms. The first-order chi connectivity index (χ1) is 9.17. The van der Waals surface area contributed by atoms with Crippen molar-refractivity contribution >= 4 is 28.1 Å². The van der Waals surface area contributed by atoms with Crippen LogP contribution in [-0.4, -0.2) is 30.0 Å². The van der Waals surface area contributed by atoms with Gasteiger partial charge in [-0.15, -0.1) is 10.2 Å². The van der Waals surface area contributed by atoms with Crippen LogP contribution in [0.2, 0.25) is 5.02 Å². The van der Waals surface area contributed by atoms with E-state index in [2.05, 4.69) is 15.5 Å². The summed E-state index contributed by atoms with van der Waals surface area (Å²) < 4.78 is 5.17. The molecule has 0 saturated carbocycles. The minimum absolute atomic E-state index is 0.156. The van der Waals surface area contributed by atoms with Gasteiger partial charge in [-0.1, -0.05) is 35.1 Å². The first-order valence-corrected chi connectivity index (χ1v) is 7.20. The molecule has 1 N–H and O–H groups in total. The van der Waals surface area contributed by atoms with Gasteiger partial charge in [0.2, 0.25) is 5.13 Å². The van der Waals surface area contributed by atoms with Crippen LogP contribution in [0.4, 0.5) is 5.13 Å². The van der Waals surface area contributed by atoms with Gasteiger partial charge in [0, 0.05) is 25.1 Å². The number of hydrogen-bond acceptors (Lipinski definition) is 5. The third kappa shape index (κ3) is 4.45. The molecular weight excluding hydrogens is 282 g/mol. The molecule has 2 aromatic rings. The maximum atomic E-state index is 5.86. The Hall–Kier alpha value is -1.17. The molecule has 0 bridgehead atoms. The lowest BCUT2D eigenvalue weighted by atomic mass is 10.2. The molecule has 0 aliphatic heterocycles. The van der Waals surface area contributed by atoms with Crippen molar-refractivity contribution in [2.24, 2.45) is 0 Å². The minimum Gasteiger partial charge on any atom is -0.380 e. The average molecular weight is 298 g/mol. The number of anilines is 1. The number of ether oxygens (including phenoxy) is 1. The van der Waals surface area contributed by atoms with Crippen LogP contribution in [0.15, 0.2) is 24.3 Å². The van der Waals surface area contributed by atoms with Gasteiger partial charge in [-0.25, -0.2) is 0 Å². The van der Waals surface area contributed by atoms with Gasteiger partial charge in [0.05, 0.1) is 6.10 Å². The maximum absolute atomic E-state index is 5.86. The van der Waals surface area contributed by atoms with Gasteiger partial charge in [-0.05, 0) is 24.6 Å². The number of benzene rings is 1. The summed E-state index contributed by atoms with van der Waals surface area (Å²) in [5.74, 6) is 0. The van der Waals surface area contributed by atoms with Crippen molar-refractivity contribution in [3.05, 3.63) is 39.9 Å². The summed E-state index contributed by atoms with van der Waals surface area (Å²) in [4.78, 5) is 0. The lowest BCUT2D eigenvalue weighted by molar-refractivity contribution is 0.129. The summed E-state index contributed by atoms with van der Waals surface area (Å²) in [6.07, 6.45) is 0.930. The highest BCUT2D eigenvalue weighted by atomic mass is 35.5. The summed E-state index contributed by atoms with van der Waals surface area (Å²) in [5.41, 5.74) is 1.18. The van der Waals surface area contributed by atoms with Crippen LogP contribution in [0.3, 0.4) is 0 Å². The predicted octanol–water partition coefficient (Wildman–Crippen LogP) is 3.23. The van der Waals surface area contributed by atoms with Gasteiger partial charge < -0.3 is 10.1 Å². The molecule has 0 saturated heterocycles. The zero-order valence-electron chi connectivity index (χ0n) is 10.9. The highest BCUT2D eigenvalue weighted by molar-refractivity contribution is 7.15. The lowest BCUT2D eigenvalue weighted by Crippen LogP contribution is -2.17. The molecule has 0 amide bonds. The molecule has 102 valence electrons. The Balaban J connectivity index is 1.91. The zero-order chi connectivity index (χ0) is 13.7. The van der Waals surface area contributed by atoms with E-state index in [1.807, 2.05) is 31.2 Å². The van der Waals surface area contributed by atoms with Gasteiger partial charge in [0.15, 0.2) is 0 Å². The van der Waals surface area contributed by atoms with Crippen molar-refractivity contribution in [1.82, 2.24) is 10.2 Å². The van der Waals surface area contributed by atoms with Crippen LogP contribution in [0.5, 0.6) is 0 Å². The highest BCUT2D eigenvalue weighted by Crippen LogP contribution is 2.19. The van der Waals surface area contributed by atoms with Crippen LogP contribution >= 0.6 is 22.9 Å². The van der Waals surface area contributed by atoms with Crippen LogP contribution in [0.25, 0.3) is 0 Å². The topological polar surface area (TPSA) is 47.0 Å². The number of nitrogens with one attached hydrogen (secondary N) is 1. The fourth-order valence-corrected chi connectivity index (χ4v) is 2.39. The van der Waals surface area contributed by atoms with Crippen molar-refractivity contribution in [3.8, 4) is 0 Å². The summed E-state index contributed by atoms with van der Waals surface area (Å²) in [6.45, 7) is 2.73. The van der Waals surface area contributed by atoms with E-state index in [-0.39, 0.29) is 6.10 Å². The summed E-state index contributed by atoms with van der Waals surface area (Å²) in [5, 5.41) is 14.0. The standard InChI is InChI=1S/C13H16ClN3OS/c1-9(18-2)8-15-13-17-16-12(19-13)7-10-3-5-11(14)6-4-10/h3-6,9H,7-8H2,1-2H3,(H,15,17). The highest BCUT2D eigenvalue weighted by Gasteiger charge is 2.06. The molecule has 0 fully saturated rings. The third-order valence-electron chi connectivity index (χ3n) is 2.68. The molecule has 2 rings (SSSR count). The Morgan fingerprint density at radius 2 is 2.05 bits per heavy atom. The van der Waals surface area contributed by atoms with Crippen molar-refractivity contribution in [1.29, 1.82) is 0 Å². The predicted molar refractivity (Wildman–Crippen MR) is 79.1 cm³/mol. The van der Waals surface area contributed by atoms with Gasteiger partial charge in [-0.2, -0.15) is 0 Å². The second kappa shape index (κ2) is 6.84. The van der Waals surface area contributed by atoms with E-state index in [1.165, 1.54) is 5.56 Å². The number of hydrogen-bond donors (Lipinski definition) is 1. The fourth-order valence-electron chi connectivity index (χ4n) is 1.49. The monoisotopic (exact) mass is 297 g/mol. The van der Waals surface area contributed by atoms with Crippen molar-refractivity contribution in [2.45, 2.75) is 19.4 Å². The molecule has 0 spiro atoms. The van der Waals surface area contributed by atoms with Gasteiger partial charge in [0.25, 0.3) is 0 Å². The van der Waals surface area contributed by atoms with Crippen LogP contribution in [0.1, 0.15) is 17.5 Å². The molecule has 1 atom stereocenters. The largest absolute Gasteiger partial charge is 0.380 e. The molecular formula is C13H16ClN3OS. The van der Waals surface area contributed by atoms with Crippen LogP contribution in [0, 0.1) is 0 Å². The number of methoxy groups -OCH3 is 1. The third-order valence-corrected chi connectivity index (χ3v) is 3.81. The molecule has 4 nitrogen and oxygen atoms in total. The Kier molecular flexibility index (Phi) is 5.13. The van der Waals surface area contributed by atoms with E-state index >= 15 is 0 Å². The van der Waals surface area contributed by atoms with Crippen LogP contribution < -0.4 is 5.32 Å². The Bertz CT molecular complexity index is 515. The smallest absolute Gasteiger partial charge is 0.205 e. The number of halogens is 1. The first kappa shape index (κ1) is 14.2. The second-order valence-electron chi connectivity index (χ2n) is 4.23. The second-order valence-corrected chi connectivity index (χ2v) is 5.73. The molecule has 1 heterocycles. The molecule has 1 unspecified atom stereocenters. The van der Waals surface area contributed by atoms with E-state index in [0.29, 0.717) is 0 Å². The Labute approximate surface area is 121 Å². The normalized spacial score (nSPS) is 12.4. The van der Waals surface area contributed by atoms with Crippen molar-refractivity contribution in [2.75, 3.05) is 19.0 Å². The Morgan fingerprint density at radius 3 is 2.74 bits per heavy atom. The fraction of sp³-hybridized carbons (Fsp3) is 0.385. The van der Waals surface area contributed by atoms with E-state index in [9.17, 15) is 0 Å². The lowest BCUT2D eigenvalue weighted by Gasteiger charge is -2.08. The Morgan fingerprint density at radius 1 is 1.32 bits per heavy atom. The van der Waals surface area contributed by atoms with Gasteiger partial charge in [-0.3, -0.25) is 0 Å². The van der Waals surface area contributed by atoms with E-state index < -0.39 is 0 Å². The quantitative estimate of drug-likeness (QED) is 0.889. The van der Waals surface area contributed by atoms with Gasteiger partial charge in [0.1, 0.15) is 5.01 Å². The molecule has 1 aromatic heterocycles. The van der Waals surface area contributed by atoms with Crippen molar-refractivity contribution < 1.29 is 4.74 Å². The summed E-state index contributed by atoms with van der Waals surface area (Å²) >= 11 is 7.42. The summed E-state index contributed by atoms with van der Waals surface area (Å²) in [6, 6.07) is 7.78. The SMILES string of the molecule is COC(C)CNc1nnc(Cc2ccc(Cl)cc2)s1. The van der Waals surface area contributed by atoms with E-state index in [0.717, 1.165) is 28.1 Å². The average Bonchev–Trinajstić information content (AvgIpc) is 2.86. The molecule has 19 heavy (non-hydrogen) atoms. The molecule has 0 aliphatic rings. The zero-order valence-corrected chi connectivity index (χ0v) is 12.5. The minimum atomic E-state index is 0.156. The molecule has 0 radical (unpaired) electrons. The van der Waals surface area contributed by atoms with E-state index in [1.54, 1.807) is 18.4 Å². The molecule has 1 aromatic carbocycles.